The number of rotatable bonds is 3. The van der Waals surface area contributed by atoms with Gasteiger partial charge in [-0.05, 0) is 12.0 Å². The molecule has 1 N–H and O–H groups in total. The van der Waals surface area contributed by atoms with Crippen LogP contribution in [0.4, 0.5) is 0 Å². The summed E-state index contributed by atoms with van der Waals surface area (Å²) in [4.78, 5) is 16.2. The molecule has 2 aliphatic rings. The van der Waals surface area contributed by atoms with Gasteiger partial charge in [0.25, 0.3) is 5.96 Å². The van der Waals surface area contributed by atoms with Crippen molar-refractivity contribution in [3.05, 3.63) is 21.9 Å². The number of nitro groups is 1. The predicted molar refractivity (Wildman–Crippen MR) is 64.6 cm³/mol. The highest BCUT2D eigenvalue weighted by Crippen LogP contribution is 2.16. The van der Waals surface area contributed by atoms with E-state index >= 15 is 0 Å². The Balaban J connectivity index is 2.01. The molecule has 2 aliphatic heterocycles. The standard InChI is InChI=1S/C9H12ClN5O2/c10-8-2-1-7(5-12-8)6-14-4-3-11-9(14)13-15(16)17/h5H,1-4,6H2,(H,11,13). The quantitative estimate of drug-likeness (QED) is 0.597. The van der Waals surface area contributed by atoms with E-state index in [0.717, 1.165) is 18.4 Å². The maximum Gasteiger partial charge on any atom is 0.271 e. The van der Waals surface area contributed by atoms with Gasteiger partial charge >= 0.3 is 0 Å². The van der Waals surface area contributed by atoms with E-state index in [1.807, 2.05) is 4.90 Å². The van der Waals surface area contributed by atoms with E-state index in [1.165, 1.54) is 0 Å². The van der Waals surface area contributed by atoms with Crippen molar-refractivity contribution in [3.8, 4) is 0 Å². The van der Waals surface area contributed by atoms with Crippen molar-refractivity contribution in [2.75, 3.05) is 19.6 Å². The van der Waals surface area contributed by atoms with Crippen molar-refractivity contribution < 1.29 is 5.03 Å². The summed E-state index contributed by atoms with van der Waals surface area (Å²) in [6, 6.07) is 0. The normalized spacial score (nSPS) is 22.2. The first kappa shape index (κ1) is 11.8. The van der Waals surface area contributed by atoms with Crippen LogP contribution in [0.3, 0.4) is 0 Å². The lowest BCUT2D eigenvalue weighted by Gasteiger charge is -2.18. The lowest BCUT2D eigenvalue weighted by Crippen LogP contribution is -2.32. The number of hydrogen-bond acceptors (Lipinski definition) is 3. The van der Waals surface area contributed by atoms with Crippen LogP contribution in [0, 0.1) is 10.1 Å². The second-order valence-electron chi connectivity index (χ2n) is 3.80. The topological polar surface area (TPSA) is 83.1 Å². The van der Waals surface area contributed by atoms with E-state index in [4.69, 9.17) is 11.6 Å². The minimum absolute atomic E-state index is 0.316. The molecular formula is C9H12ClN5O2. The van der Waals surface area contributed by atoms with Crippen molar-refractivity contribution in [1.29, 1.82) is 0 Å². The van der Waals surface area contributed by atoms with E-state index in [1.54, 1.807) is 6.20 Å². The highest BCUT2D eigenvalue weighted by Gasteiger charge is 2.22. The average Bonchev–Trinajstić information content (AvgIpc) is 2.68. The van der Waals surface area contributed by atoms with E-state index in [9.17, 15) is 10.1 Å². The molecular weight excluding hydrogens is 246 g/mol. The zero-order chi connectivity index (χ0) is 12.3. The number of hydrogen-bond donors (Lipinski definition) is 1. The van der Waals surface area contributed by atoms with Gasteiger partial charge in [-0.15, -0.1) is 0 Å². The second kappa shape index (κ2) is 5.13. The predicted octanol–water partition coefficient (Wildman–Crippen LogP) is 0.754. The molecule has 0 amide bonds. The van der Waals surface area contributed by atoms with Gasteiger partial charge in [-0.1, -0.05) is 11.6 Å². The molecule has 0 aromatic carbocycles. The Hall–Kier alpha value is -1.63. The van der Waals surface area contributed by atoms with E-state index in [-0.39, 0.29) is 0 Å². The molecule has 0 spiro atoms. The van der Waals surface area contributed by atoms with Crippen LogP contribution in [0.1, 0.15) is 12.8 Å². The fourth-order valence-electron chi connectivity index (χ4n) is 1.77. The van der Waals surface area contributed by atoms with Crippen molar-refractivity contribution in [3.63, 3.8) is 0 Å². The molecule has 0 bridgehead atoms. The van der Waals surface area contributed by atoms with Crippen LogP contribution in [-0.2, 0) is 0 Å². The molecule has 2 rings (SSSR count). The summed E-state index contributed by atoms with van der Waals surface area (Å²) in [7, 11) is 0. The SMILES string of the molecule is O=[N+]([O-])/N=C1\NCCN1CC1=CN=C(Cl)CC1. The van der Waals surface area contributed by atoms with Gasteiger partial charge in [0.2, 0.25) is 0 Å². The number of aliphatic imine (C=N–C) groups is 1. The molecule has 92 valence electrons. The third-order valence-electron chi connectivity index (χ3n) is 2.57. The minimum Gasteiger partial charge on any atom is -0.349 e. The monoisotopic (exact) mass is 257 g/mol. The molecule has 0 radical (unpaired) electrons. The van der Waals surface area contributed by atoms with Gasteiger partial charge in [-0.3, -0.25) is 0 Å². The lowest BCUT2D eigenvalue weighted by atomic mass is 10.1. The number of nitrogens with zero attached hydrogens (tertiary/aromatic N) is 4. The van der Waals surface area contributed by atoms with Gasteiger partial charge in [-0.2, -0.15) is 0 Å². The highest BCUT2D eigenvalue weighted by atomic mass is 35.5. The van der Waals surface area contributed by atoms with Crippen molar-refractivity contribution in [2.45, 2.75) is 12.8 Å². The summed E-state index contributed by atoms with van der Waals surface area (Å²) in [5.74, 6) is 0.316. The van der Waals surface area contributed by atoms with Gasteiger partial charge in [0, 0.05) is 32.3 Å². The van der Waals surface area contributed by atoms with Crippen molar-refractivity contribution in [1.82, 2.24) is 10.2 Å². The Labute approximate surface area is 103 Å². The molecule has 8 heteroatoms. The third-order valence-corrected chi connectivity index (χ3v) is 2.86. The minimum atomic E-state index is -0.690. The van der Waals surface area contributed by atoms with Crippen LogP contribution in [0.25, 0.3) is 0 Å². The summed E-state index contributed by atoms with van der Waals surface area (Å²) >= 11 is 5.76. The first-order valence-electron chi connectivity index (χ1n) is 5.27. The fraction of sp³-hybridized carbons (Fsp3) is 0.556. The summed E-state index contributed by atoms with van der Waals surface area (Å²) in [6.07, 6.45) is 3.30. The molecule has 0 atom stereocenters. The Bertz CT molecular complexity index is 418. The fourth-order valence-corrected chi connectivity index (χ4v) is 1.91. The maximum atomic E-state index is 10.3. The Morgan fingerprint density at radius 3 is 3.12 bits per heavy atom. The number of nitrogens with one attached hydrogen (secondary N) is 1. The van der Waals surface area contributed by atoms with E-state index < -0.39 is 5.03 Å². The summed E-state index contributed by atoms with van der Waals surface area (Å²) in [5.41, 5.74) is 1.11. The van der Waals surface area contributed by atoms with Crippen LogP contribution in [0.2, 0.25) is 0 Å². The molecule has 17 heavy (non-hydrogen) atoms. The zero-order valence-electron chi connectivity index (χ0n) is 9.10. The number of halogens is 1. The largest absolute Gasteiger partial charge is 0.349 e. The number of guanidine groups is 1. The molecule has 1 saturated heterocycles. The summed E-state index contributed by atoms with van der Waals surface area (Å²) in [6.45, 7) is 1.98. The van der Waals surface area contributed by atoms with Gasteiger partial charge in [0.05, 0.1) is 0 Å². The molecule has 0 saturated carbocycles. The van der Waals surface area contributed by atoms with Crippen LogP contribution in [0.15, 0.2) is 21.9 Å². The van der Waals surface area contributed by atoms with Gasteiger partial charge in [0.1, 0.15) is 10.3 Å². The summed E-state index contributed by atoms with van der Waals surface area (Å²) in [5, 5.41) is 16.4. The molecule has 2 heterocycles. The molecule has 0 unspecified atom stereocenters. The van der Waals surface area contributed by atoms with Crippen LogP contribution < -0.4 is 5.32 Å². The molecule has 0 aromatic rings. The van der Waals surface area contributed by atoms with Gasteiger partial charge in [-0.25, -0.2) is 15.1 Å². The average molecular weight is 258 g/mol. The Morgan fingerprint density at radius 1 is 1.65 bits per heavy atom. The van der Waals surface area contributed by atoms with E-state index in [2.05, 4.69) is 15.4 Å². The van der Waals surface area contributed by atoms with Gasteiger partial charge < -0.3 is 10.2 Å². The third kappa shape index (κ3) is 3.16. The number of hydrazone groups is 1. The molecule has 0 aliphatic carbocycles. The molecule has 1 fully saturated rings. The molecule has 0 aromatic heterocycles. The van der Waals surface area contributed by atoms with Crippen LogP contribution >= 0.6 is 11.6 Å². The first-order valence-corrected chi connectivity index (χ1v) is 5.65. The Morgan fingerprint density at radius 2 is 2.47 bits per heavy atom. The van der Waals surface area contributed by atoms with E-state index in [0.29, 0.717) is 30.8 Å². The Kier molecular flexibility index (Phi) is 3.58. The molecule has 7 nitrogen and oxygen atoms in total. The van der Waals surface area contributed by atoms with Crippen molar-refractivity contribution >= 4 is 22.7 Å². The second-order valence-corrected chi connectivity index (χ2v) is 4.24. The maximum absolute atomic E-state index is 10.3. The smallest absolute Gasteiger partial charge is 0.271 e. The van der Waals surface area contributed by atoms with Gasteiger partial charge in [0.15, 0.2) is 5.03 Å². The summed E-state index contributed by atoms with van der Waals surface area (Å²) < 4.78 is 0. The zero-order valence-corrected chi connectivity index (χ0v) is 9.85. The van der Waals surface area contributed by atoms with Crippen molar-refractivity contribution in [2.24, 2.45) is 10.1 Å². The lowest BCUT2D eigenvalue weighted by molar-refractivity contribution is -0.485. The highest BCUT2D eigenvalue weighted by molar-refractivity contribution is 6.65. The van der Waals surface area contributed by atoms with Crippen LogP contribution in [-0.4, -0.2) is 40.7 Å². The first-order chi connectivity index (χ1) is 8.15. The van der Waals surface area contributed by atoms with Crippen LogP contribution in [0.5, 0.6) is 0 Å².